The van der Waals surface area contributed by atoms with Crippen molar-refractivity contribution in [1.82, 2.24) is 9.78 Å². The van der Waals surface area contributed by atoms with Crippen LogP contribution in [0.3, 0.4) is 0 Å². The van der Waals surface area contributed by atoms with Crippen LogP contribution in [0.4, 0.5) is 5.69 Å². The van der Waals surface area contributed by atoms with E-state index >= 15 is 0 Å². The van der Waals surface area contributed by atoms with Crippen LogP contribution in [-0.4, -0.2) is 41.9 Å². The summed E-state index contributed by atoms with van der Waals surface area (Å²) < 4.78 is 6.77. The zero-order valence-corrected chi connectivity index (χ0v) is 12.7. The molecule has 0 saturated carbocycles. The molecule has 0 bridgehead atoms. The quantitative estimate of drug-likeness (QED) is 0.789. The van der Waals surface area contributed by atoms with E-state index in [1.54, 1.807) is 26.3 Å². The van der Waals surface area contributed by atoms with Gasteiger partial charge in [-0.25, -0.2) is 4.68 Å². The highest BCUT2D eigenvalue weighted by Gasteiger charge is 2.19. The van der Waals surface area contributed by atoms with Gasteiger partial charge in [0, 0.05) is 39.2 Å². The molecule has 6 heteroatoms. The van der Waals surface area contributed by atoms with Crippen molar-refractivity contribution in [3.05, 3.63) is 22.6 Å². The summed E-state index contributed by atoms with van der Waals surface area (Å²) in [6, 6.07) is 1.63. The number of ketones is 1. The molecule has 0 unspecified atom stereocenters. The lowest BCUT2D eigenvalue weighted by Gasteiger charge is -2.32. The highest BCUT2D eigenvalue weighted by Crippen LogP contribution is 2.18. The van der Waals surface area contributed by atoms with Crippen molar-refractivity contribution < 1.29 is 9.53 Å². The third-order valence-electron chi connectivity index (χ3n) is 3.89. The van der Waals surface area contributed by atoms with Crippen molar-refractivity contribution in [2.24, 2.45) is 0 Å². The van der Waals surface area contributed by atoms with E-state index in [1.807, 2.05) is 0 Å². The first-order valence-corrected chi connectivity index (χ1v) is 7.44. The minimum atomic E-state index is -0.107. The van der Waals surface area contributed by atoms with Crippen LogP contribution in [0.1, 0.15) is 32.6 Å². The molecular formula is C15H23N3O3. The van der Waals surface area contributed by atoms with Gasteiger partial charge in [0.1, 0.15) is 5.78 Å². The monoisotopic (exact) mass is 293 g/mol. The fourth-order valence-corrected chi connectivity index (χ4v) is 2.59. The van der Waals surface area contributed by atoms with Gasteiger partial charge in [-0.1, -0.05) is 0 Å². The average molecular weight is 293 g/mol. The summed E-state index contributed by atoms with van der Waals surface area (Å²) in [6.07, 6.45) is 5.14. The van der Waals surface area contributed by atoms with E-state index in [0.717, 1.165) is 31.6 Å². The maximum atomic E-state index is 12.0. The molecule has 1 aromatic heterocycles. The molecule has 0 aliphatic carbocycles. The number of ether oxygens (including phenoxy) is 1. The Bertz CT molecular complexity index is 533. The largest absolute Gasteiger partial charge is 0.381 e. The van der Waals surface area contributed by atoms with Crippen LogP contribution in [0.2, 0.25) is 0 Å². The minimum absolute atomic E-state index is 0.107. The highest BCUT2D eigenvalue weighted by molar-refractivity contribution is 5.75. The predicted octanol–water partition coefficient (Wildman–Crippen LogP) is 1.23. The van der Waals surface area contributed by atoms with Crippen molar-refractivity contribution in [3.8, 4) is 0 Å². The van der Waals surface area contributed by atoms with Gasteiger partial charge in [0.15, 0.2) is 0 Å². The lowest BCUT2D eigenvalue weighted by molar-refractivity contribution is -0.117. The standard InChI is InChI=1S/C15H23N3O3/c1-12(19)4-3-7-18-15(20)10-13(11-16-18)17-8-5-14(21-2)6-9-17/h10-11,14H,3-9H2,1-2H3. The molecule has 116 valence electrons. The molecule has 2 heterocycles. The number of nitrogens with zero attached hydrogens (tertiary/aromatic N) is 3. The van der Waals surface area contributed by atoms with Gasteiger partial charge in [0.2, 0.25) is 0 Å². The summed E-state index contributed by atoms with van der Waals surface area (Å²) in [7, 11) is 1.74. The van der Waals surface area contributed by atoms with Gasteiger partial charge in [-0.15, -0.1) is 0 Å². The molecule has 1 aliphatic rings. The summed E-state index contributed by atoms with van der Waals surface area (Å²) in [5.41, 5.74) is 0.766. The summed E-state index contributed by atoms with van der Waals surface area (Å²) in [6.45, 7) is 3.81. The summed E-state index contributed by atoms with van der Waals surface area (Å²) in [5, 5.41) is 4.21. The minimum Gasteiger partial charge on any atom is -0.381 e. The highest BCUT2D eigenvalue weighted by atomic mass is 16.5. The fraction of sp³-hybridized carbons (Fsp3) is 0.667. The second-order valence-electron chi connectivity index (χ2n) is 5.50. The van der Waals surface area contributed by atoms with Crippen LogP contribution in [0.25, 0.3) is 0 Å². The van der Waals surface area contributed by atoms with Crippen LogP contribution >= 0.6 is 0 Å². The third-order valence-corrected chi connectivity index (χ3v) is 3.89. The van der Waals surface area contributed by atoms with Gasteiger partial charge >= 0.3 is 0 Å². The molecule has 1 saturated heterocycles. The first kappa shape index (κ1) is 15.7. The Morgan fingerprint density at radius 3 is 2.71 bits per heavy atom. The van der Waals surface area contributed by atoms with E-state index in [1.165, 1.54) is 4.68 Å². The van der Waals surface area contributed by atoms with Gasteiger partial charge in [-0.2, -0.15) is 5.10 Å². The summed E-state index contributed by atoms with van der Waals surface area (Å²) in [4.78, 5) is 25.1. The Morgan fingerprint density at radius 2 is 2.14 bits per heavy atom. The number of aromatic nitrogens is 2. The second-order valence-corrected chi connectivity index (χ2v) is 5.50. The van der Waals surface area contributed by atoms with Crippen molar-refractivity contribution >= 4 is 11.5 Å². The summed E-state index contributed by atoms with van der Waals surface area (Å²) >= 11 is 0. The maximum Gasteiger partial charge on any atom is 0.268 e. The average Bonchev–Trinajstić information content (AvgIpc) is 2.48. The lowest BCUT2D eigenvalue weighted by Crippen LogP contribution is -2.37. The van der Waals surface area contributed by atoms with Crippen LogP contribution in [0, 0.1) is 0 Å². The zero-order valence-electron chi connectivity index (χ0n) is 12.7. The molecule has 1 aromatic rings. The van der Waals surface area contributed by atoms with Crippen LogP contribution in [-0.2, 0) is 16.1 Å². The number of Topliss-reactive ketones (excluding diaryl/α,β-unsaturated/α-hetero) is 1. The maximum absolute atomic E-state index is 12.0. The van der Waals surface area contributed by atoms with Gasteiger partial charge < -0.3 is 14.4 Å². The zero-order chi connectivity index (χ0) is 15.2. The molecule has 21 heavy (non-hydrogen) atoms. The number of methoxy groups -OCH3 is 1. The van der Waals surface area contributed by atoms with E-state index in [4.69, 9.17) is 4.74 Å². The smallest absolute Gasteiger partial charge is 0.268 e. The molecule has 0 radical (unpaired) electrons. The number of anilines is 1. The number of carbonyl (C=O) groups excluding carboxylic acids is 1. The molecule has 1 aliphatic heterocycles. The number of hydrogen-bond acceptors (Lipinski definition) is 5. The van der Waals surface area contributed by atoms with Gasteiger partial charge in [0.05, 0.1) is 18.0 Å². The van der Waals surface area contributed by atoms with Crippen molar-refractivity contribution in [2.75, 3.05) is 25.1 Å². The Hall–Kier alpha value is -1.69. The predicted molar refractivity (Wildman–Crippen MR) is 80.7 cm³/mol. The number of rotatable bonds is 6. The molecule has 0 atom stereocenters. The Morgan fingerprint density at radius 1 is 1.43 bits per heavy atom. The first-order chi connectivity index (χ1) is 10.1. The third kappa shape index (κ3) is 4.39. The van der Waals surface area contributed by atoms with Crippen molar-refractivity contribution in [1.29, 1.82) is 0 Å². The Balaban J connectivity index is 1.96. The van der Waals surface area contributed by atoms with E-state index in [0.29, 0.717) is 25.5 Å². The molecule has 0 aromatic carbocycles. The van der Waals surface area contributed by atoms with Gasteiger partial charge in [-0.05, 0) is 26.2 Å². The SMILES string of the molecule is COC1CCN(c2cnn(CCCC(C)=O)c(=O)c2)CC1. The molecular weight excluding hydrogens is 270 g/mol. The molecule has 6 nitrogen and oxygen atoms in total. The first-order valence-electron chi connectivity index (χ1n) is 7.44. The molecule has 0 amide bonds. The Kier molecular flexibility index (Phi) is 5.50. The van der Waals surface area contributed by atoms with E-state index in [9.17, 15) is 9.59 Å². The van der Waals surface area contributed by atoms with E-state index in [-0.39, 0.29) is 11.3 Å². The lowest BCUT2D eigenvalue weighted by atomic mass is 10.1. The normalized spacial score (nSPS) is 16.2. The van der Waals surface area contributed by atoms with E-state index < -0.39 is 0 Å². The van der Waals surface area contributed by atoms with E-state index in [2.05, 4.69) is 10.00 Å². The van der Waals surface area contributed by atoms with Crippen molar-refractivity contribution in [2.45, 2.75) is 45.3 Å². The van der Waals surface area contributed by atoms with Gasteiger partial charge in [0.25, 0.3) is 5.56 Å². The van der Waals surface area contributed by atoms with Crippen LogP contribution in [0.15, 0.2) is 17.1 Å². The molecule has 0 N–H and O–H groups in total. The second kappa shape index (κ2) is 7.36. The van der Waals surface area contributed by atoms with Crippen molar-refractivity contribution in [3.63, 3.8) is 0 Å². The molecule has 2 rings (SSSR count). The topological polar surface area (TPSA) is 64.4 Å². The Labute approximate surface area is 124 Å². The number of piperidine rings is 1. The fourth-order valence-electron chi connectivity index (χ4n) is 2.59. The molecule has 0 spiro atoms. The van der Waals surface area contributed by atoms with Gasteiger partial charge in [-0.3, -0.25) is 4.79 Å². The number of hydrogen-bond donors (Lipinski definition) is 0. The summed E-state index contributed by atoms with van der Waals surface area (Å²) in [5.74, 6) is 0.140. The van der Waals surface area contributed by atoms with Crippen LogP contribution < -0.4 is 10.5 Å². The number of carbonyl (C=O) groups is 1. The molecule has 1 fully saturated rings. The number of aryl methyl sites for hydroxylation is 1. The van der Waals surface area contributed by atoms with Crippen LogP contribution in [0.5, 0.6) is 0 Å².